The molecule has 3 heterocycles. The molecule has 214 valence electrons. The summed E-state index contributed by atoms with van der Waals surface area (Å²) in [7, 11) is 0. The standard InChI is InChI=1S/C33H29BrFN3O4/c34-22-13-17-25(18-14-22)37-31(41)33(19-20-7-3-1-4-8-20)27-26(29(39)36(30(27)40)24-9-5-2-6-10-24)28(38(33)32(37)42)21-11-15-23(35)16-12-21/h1,3-4,7-8,11-18,24,26-28H,2,5-6,9-10,19H2/t26-,27-,28-,33-/m1/s1. The van der Waals surface area contributed by atoms with E-state index in [-0.39, 0.29) is 24.3 Å². The molecule has 0 radical (unpaired) electrons. The van der Waals surface area contributed by atoms with Crippen molar-refractivity contribution in [3.63, 3.8) is 0 Å². The molecule has 0 spiro atoms. The number of carbonyl (C=O) groups excluding carboxylic acids is 4. The molecular weight excluding hydrogens is 601 g/mol. The van der Waals surface area contributed by atoms with Crippen LogP contribution in [0.15, 0.2) is 83.3 Å². The maximum Gasteiger partial charge on any atom is 0.332 e. The first-order valence-corrected chi connectivity index (χ1v) is 15.2. The molecule has 9 heteroatoms. The summed E-state index contributed by atoms with van der Waals surface area (Å²) in [4.78, 5) is 62.2. The summed E-state index contributed by atoms with van der Waals surface area (Å²) in [6, 6.07) is 20.1. The summed E-state index contributed by atoms with van der Waals surface area (Å²) in [5.74, 6) is -3.73. The number of imide groups is 2. The first kappa shape index (κ1) is 27.0. The number of benzene rings is 3. The zero-order valence-electron chi connectivity index (χ0n) is 22.8. The molecule has 0 bridgehead atoms. The largest absolute Gasteiger partial charge is 0.332 e. The first-order valence-electron chi connectivity index (χ1n) is 14.4. The first-order chi connectivity index (χ1) is 20.3. The average molecular weight is 631 g/mol. The van der Waals surface area contributed by atoms with Crippen molar-refractivity contribution in [2.45, 2.75) is 56.1 Å². The fraction of sp³-hybridized carbons (Fsp3) is 0.333. The van der Waals surface area contributed by atoms with Crippen LogP contribution in [-0.2, 0) is 20.8 Å². The van der Waals surface area contributed by atoms with Gasteiger partial charge in [-0.1, -0.05) is 77.7 Å². The Balaban J connectivity index is 1.45. The van der Waals surface area contributed by atoms with E-state index in [4.69, 9.17) is 0 Å². The maximum atomic E-state index is 14.8. The Hall–Kier alpha value is -3.85. The lowest BCUT2D eigenvalue weighted by atomic mass is 9.75. The predicted molar refractivity (Wildman–Crippen MR) is 157 cm³/mol. The molecule has 4 atom stereocenters. The lowest BCUT2D eigenvalue weighted by Crippen LogP contribution is -2.56. The molecule has 7 nitrogen and oxygen atoms in total. The minimum Gasteiger partial charge on any atom is -0.300 e. The van der Waals surface area contributed by atoms with Gasteiger partial charge in [0.05, 0.1) is 23.6 Å². The molecule has 1 saturated carbocycles. The van der Waals surface area contributed by atoms with Gasteiger partial charge in [0.15, 0.2) is 0 Å². The van der Waals surface area contributed by atoms with Crippen molar-refractivity contribution >= 4 is 45.4 Å². The van der Waals surface area contributed by atoms with Crippen LogP contribution in [0.1, 0.15) is 49.3 Å². The lowest BCUT2D eigenvalue weighted by molar-refractivity contribution is -0.147. The van der Waals surface area contributed by atoms with Crippen LogP contribution in [0.3, 0.4) is 0 Å². The van der Waals surface area contributed by atoms with Gasteiger partial charge in [0.25, 0.3) is 5.91 Å². The number of carbonyl (C=O) groups is 4. The Morgan fingerprint density at radius 2 is 1.48 bits per heavy atom. The van der Waals surface area contributed by atoms with E-state index in [1.54, 1.807) is 36.4 Å². The molecule has 7 rings (SSSR count). The molecule has 3 aromatic carbocycles. The number of hydrogen-bond acceptors (Lipinski definition) is 4. The summed E-state index contributed by atoms with van der Waals surface area (Å²) < 4.78 is 14.9. The number of anilines is 1. The van der Waals surface area contributed by atoms with Gasteiger partial charge in [-0.15, -0.1) is 0 Å². The van der Waals surface area contributed by atoms with Gasteiger partial charge in [0.1, 0.15) is 11.4 Å². The van der Waals surface area contributed by atoms with Gasteiger partial charge >= 0.3 is 6.03 Å². The van der Waals surface area contributed by atoms with Crippen LogP contribution in [-0.4, -0.2) is 45.1 Å². The van der Waals surface area contributed by atoms with Gasteiger partial charge in [-0.25, -0.2) is 14.1 Å². The van der Waals surface area contributed by atoms with E-state index in [1.165, 1.54) is 21.9 Å². The van der Waals surface area contributed by atoms with Gasteiger partial charge in [-0.3, -0.25) is 19.3 Å². The molecule has 0 aromatic heterocycles. The number of nitrogens with zero attached hydrogens (tertiary/aromatic N) is 3. The van der Waals surface area contributed by atoms with E-state index in [2.05, 4.69) is 15.9 Å². The summed E-state index contributed by atoms with van der Waals surface area (Å²) in [6.45, 7) is 0. The highest BCUT2D eigenvalue weighted by Crippen LogP contribution is 2.60. The number of urea groups is 1. The van der Waals surface area contributed by atoms with Crippen molar-refractivity contribution in [1.29, 1.82) is 0 Å². The van der Waals surface area contributed by atoms with E-state index in [0.717, 1.165) is 47.0 Å². The molecule has 5 amide bonds. The van der Waals surface area contributed by atoms with Crippen molar-refractivity contribution in [3.8, 4) is 0 Å². The van der Waals surface area contributed by atoms with E-state index < -0.39 is 41.2 Å². The Morgan fingerprint density at radius 1 is 0.810 bits per heavy atom. The highest BCUT2D eigenvalue weighted by molar-refractivity contribution is 9.10. The van der Waals surface area contributed by atoms with Crippen LogP contribution in [0.2, 0.25) is 0 Å². The van der Waals surface area contributed by atoms with Crippen molar-refractivity contribution in [2.75, 3.05) is 4.90 Å². The van der Waals surface area contributed by atoms with Gasteiger partial charge < -0.3 is 4.90 Å². The third kappa shape index (κ3) is 3.89. The van der Waals surface area contributed by atoms with Crippen molar-refractivity contribution in [2.24, 2.45) is 11.8 Å². The normalized spacial score (nSPS) is 27.7. The maximum absolute atomic E-state index is 14.8. The van der Waals surface area contributed by atoms with E-state index in [1.807, 2.05) is 30.3 Å². The number of amides is 5. The monoisotopic (exact) mass is 629 g/mol. The highest BCUT2D eigenvalue weighted by Gasteiger charge is 2.77. The second-order valence-electron chi connectivity index (χ2n) is 11.7. The zero-order valence-corrected chi connectivity index (χ0v) is 24.4. The quantitative estimate of drug-likeness (QED) is 0.255. The Morgan fingerprint density at radius 3 is 2.14 bits per heavy atom. The summed E-state index contributed by atoms with van der Waals surface area (Å²) in [5, 5.41) is 0. The smallest absolute Gasteiger partial charge is 0.300 e. The lowest BCUT2D eigenvalue weighted by Gasteiger charge is -2.37. The van der Waals surface area contributed by atoms with Crippen LogP contribution in [0, 0.1) is 17.7 Å². The van der Waals surface area contributed by atoms with Crippen LogP contribution < -0.4 is 4.90 Å². The number of fused-ring (bicyclic) bond motifs is 3. The minimum absolute atomic E-state index is 0.0713. The second-order valence-corrected chi connectivity index (χ2v) is 12.6. The second kappa shape index (κ2) is 10.2. The van der Waals surface area contributed by atoms with E-state index in [9.17, 15) is 23.6 Å². The highest BCUT2D eigenvalue weighted by atomic mass is 79.9. The summed E-state index contributed by atoms with van der Waals surface area (Å²) in [5.41, 5.74) is 0.0408. The molecule has 3 saturated heterocycles. The van der Waals surface area contributed by atoms with Gasteiger partial charge in [0, 0.05) is 16.9 Å². The van der Waals surface area contributed by atoms with Crippen LogP contribution in [0.4, 0.5) is 14.9 Å². The molecule has 4 fully saturated rings. The van der Waals surface area contributed by atoms with E-state index >= 15 is 0 Å². The molecule has 3 aliphatic heterocycles. The number of rotatable bonds is 5. The fourth-order valence-corrected chi connectivity index (χ4v) is 7.98. The number of hydrogen-bond donors (Lipinski definition) is 0. The SMILES string of the molecule is O=C1[C@H]2[C@@H](c3ccc(F)cc3)N3C(=O)N(c4ccc(Br)cc4)C(=O)[C@@]3(Cc3ccccc3)[C@H]2C(=O)N1C1CCCCC1. The fourth-order valence-electron chi connectivity index (χ4n) is 7.72. The molecule has 42 heavy (non-hydrogen) atoms. The third-order valence-electron chi connectivity index (χ3n) is 9.47. The number of halogens is 2. The average Bonchev–Trinajstić information content (AvgIpc) is 3.52. The van der Waals surface area contributed by atoms with Crippen LogP contribution in [0.25, 0.3) is 0 Å². The summed E-state index contributed by atoms with van der Waals surface area (Å²) >= 11 is 3.41. The van der Waals surface area contributed by atoms with Crippen molar-refractivity contribution in [1.82, 2.24) is 9.80 Å². The molecular formula is C33H29BrFN3O4. The topological polar surface area (TPSA) is 78.0 Å². The Kier molecular flexibility index (Phi) is 6.53. The van der Waals surface area contributed by atoms with Crippen LogP contribution >= 0.6 is 15.9 Å². The predicted octanol–water partition coefficient (Wildman–Crippen LogP) is 6.03. The third-order valence-corrected chi connectivity index (χ3v) is 10.0. The van der Waals surface area contributed by atoms with E-state index in [0.29, 0.717) is 11.3 Å². The van der Waals surface area contributed by atoms with Gasteiger partial charge in [0.2, 0.25) is 11.8 Å². The van der Waals surface area contributed by atoms with Crippen molar-refractivity contribution in [3.05, 3.63) is 100 Å². The summed E-state index contributed by atoms with van der Waals surface area (Å²) in [6.07, 6.45) is 4.43. The molecule has 0 unspecified atom stereocenters. The Labute approximate surface area is 251 Å². The van der Waals surface area contributed by atoms with Gasteiger partial charge in [-0.2, -0.15) is 0 Å². The Bertz CT molecular complexity index is 1580. The van der Waals surface area contributed by atoms with Crippen molar-refractivity contribution < 1.29 is 23.6 Å². The number of likely N-dealkylation sites (tertiary alicyclic amines) is 1. The molecule has 0 N–H and O–H groups in total. The molecule has 3 aromatic rings. The molecule has 1 aliphatic carbocycles. The minimum atomic E-state index is -1.63. The zero-order chi connectivity index (χ0) is 29.2. The van der Waals surface area contributed by atoms with Crippen LogP contribution in [0.5, 0.6) is 0 Å². The molecule has 4 aliphatic rings. The van der Waals surface area contributed by atoms with Gasteiger partial charge in [-0.05, 0) is 60.4 Å².